The van der Waals surface area contributed by atoms with Crippen LogP contribution >= 0.6 is 11.3 Å². The van der Waals surface area contributed by atoms with E-state index in [9.17, 15) is 4.79 Å². The van der Waals surface area contributed by atoms with Crippen molar-refractivity contribution < 1.29 is 4.79 Å². The first-order chi connectivity index (χ1) is 7.11. The van der Waals surface area contributed by atoms with Crippen molar-refractivity contribution in [2.75, 3.05) is 0 Å². The summed E-state index contributed by atoms with van der Waals surface area (Å²) in [5.41, 5.74) is 2.92. The smallest absolute Gasteiger partial charge is 0.266 e. The van der Waals surface area contributed by atoms with Gasteiger partial charge in [-0.2, -0.15) is 9.78 Å². The highest BCUT2D eigenvalue weighted by atomic mass is 32.1. The van der Waals surface area contributed by atoms with Crippen molar-refractivity contribution in [2.24, 2.45) is 0 Å². The maximum Gasteiger partial charge on any atom is 0.288 e. The number of rotatable bonds is 1. The highest BCUT2D eigenvalue weighted by Crippen LogP contribution is 2.15. The summed E-state index contributed by atoms with van der Waals surface area (Å²) in [6.07, 6.45) is 0. The maximum atomic E-state index is 12.0. The van der Waals surface area contributed by atoms with E-state index in [0.29, 0.717) is 0 Å². The summed E-state index contributed by atoms with van der Waals surface area (Å²) >= 11 is 1.44. The van der Waals surface area contributed by atoms with E-state index in [4.69, 9.17) is 0 Å². The Bertz CT molecular complexity index is 497. The third-order valence-electron chi connectivity index (χ3n) is 2.58. The van der Waals surface area contributed by atoms with Crippen molar-refractivity contribution in [2.45, 2.75) is 20.8 Å². The molecule has 2 heterocycles. The molecular weight excluding hydrogens is 208 g/mol. The zero-order valence-electron chi connectivity index (χ0n) is 8.94. The molecule has 0 aromatic carbocycles. The number of aryl methyl sites for hydroxylation is 1. The minimum absolute atomic E-state index is 0.0429. The van der Waals surface area contributed by atoms with Gasteiger partial charge in [0.2, 0.25) is 0 Å². The molecule has 0 saturated heterocycles. The van der Waals surface area contributed by atoms with E-state index >= 15 is 0 Å². The fourth-order valence-corrected chi connectivity index (χ4v) is 2.07. The molecule has 0 N–H and O–H groups in total. The van der Waals surface area contributed by atoms with E-state index in [1.54, 1.807) is 0 Å². The number of hydrogen-bond acceptors (Lipinski definition) is 3. The van der Waals surface area contributed by atoms with Crippen LogP contribution in [-0.4, -0.2) is 15.7 Å². The monoisotopic (exact) mass is 220 g/mol. The Kier molecular flexibility index (Phi) is 2.44. The van der Waals surface area contributed by atoms with Gasteiger partial charge in [0.1, 0.15) is 0 Å². The van der Waals surface area contributed by atoms with Gasteiger partial charge in [-0.05, 0) is 37.8 Å². The van der Waals surface area contributed by atoms with Crippen LogP contribution in [0.1, 0.15) is 26.6 Å². The van der Waals surface area contributed by atoms with E-state index in [1.165, 1.54) is 16.0 Å². The van der Waals surface area contributed by atoms with Gasteiger partial charge >= 0.3 is 0 Å². The van der Waals surface area contributed by atoms with E-state index in [0.717, 1.165) is 21.8 Å². The van der Waals surface area contributed by atoms with Crippen LogP contribution in [0.4, 0.5) is 0 Å². The van der Waals surface area contributed by atoms with Crippen LogP contribution in [-0.2, 0) is 0 Å². The fourth-order valence-electron chi connectivity index (χ4n) is 1.42. The van der Waals surface area contributed by atoms with Crippen molar-refractivity contribution in [1.82, 2.24) is 9.78 Å². The van der Waals surface area contributed by atoms with E-state index in [2.05, 4.69) is 5.10 Å². The van der Waals surface area contributed by atoms with Crippen LogP contribution in [0.2, 0.25) is 0 Å². The molecule has 2 rings (SSSR count). The van der Waals surface area contributed by atoms with Crippen LogP contribution < -0.4 is 0 Å². The summed E-state index contributed by atoms with van der Waals surface area (Å²) < 4.78 is 1.48. The molecule has 0 aliphatic heterocycles. The lowest BCUT2D eigenvalue weighted by Gasteiger charge is -2.00. The number of thiophene rings is 1. The number of carbonyl (C=O) groups excluding carboxylic acids is 1. The molecule has 0 atom stereocenters. The summed E-state index contributed by atoms with van der Waals surface area (Å²) in [4.78, 5) is 12.7. The maximum absolute atomic E-state index is 12.0. The van der Waals surface area contributed by atoms with Gasteiger partial charge in [-0.25, -0.2) is 0 Å². The molecular formula is C11H12N2OS. The van der Waals surface area contributed by atoms with E-state index in [-0.39, 0.29) is 5.91 Å². The molecule has 0 aliphatic carbocycles. The van der Waals surface area contributed by atoms with Gasteiger partial charge in [0.25, 0.3) is 5.91 Å². The Morgan fingerprint density at radius 1 is 1.40 bits per heavy atom. The predicted molar refractivity (Wildman–Crippen MR) is 60.5 cm³/mol. The summed E-state index contributed by atoms with van der Waals surface area (Å²) in [5.74, 6) is -0.0429. The highest BCUT2D eigenvalue weighted by molar-refractivity contribution is 7.12. The van der Waals surface area contributed by atoms with Gasteiger partial charge in [-0.1, -0.05) is 6.07 Å². The second kappa shape index (κ2) is 3.62. The summed E-state index contributed by atoms with van der Waals surface area (Å²) in [5, 5.41) is 6.13. The quantitative estimate of drug-likeness (QED) is 0.740. The Hall–Kier alpha value is -1.42. The third kappa shape index (κ3) is 1.61. The van der Waals surface area contributed by atoms with Crippen LogP contribution in [0, 0.1) is 20.8 Å². The van der Waals surface area contributed by atoms with Crippen molar-refractivity contribution in [3.05, 3.63) is 39.3 Å². The molecule has 0 saturated carbocycles. The molecule has 15 heavy (non-hydrogen) atoms. The zero-order chi connectivity index (χ0) is 11.0. The van der Waals surface area contributed by atoms with Crippen LogP contribution in [0.3, 0.4) is 0 Å². The number of hydrogen-bond donors (Lipinski definition) is 0. The number of carbonyl (C=O) groups is 1. The molecule has 0 fully saturated rings. The average Bonchev–Trinajstić information content (AvgIpc) is 2.82. The standard InChI is InChI=1S/C11H12N2OS/c1-7-8(2)12-13(9(7)3)11(14)10-5-4-6-15-10/h4-6H,1-3H3. The summed E-state index contributed by atoms with van der Waals surface area (Å²) in [6, 6.07) is 3.69. The van der Waals surface area contributed by atoms with Gasteiger partial charge in [0.05, 0.1) is 10.6 Å². The summed E-state index contributed by atoms with van der Waals surface area (Å²) in [7, 11) is 0. The minimum Gasteiger partial charge on any atom is -0.266 e. The molecule has 0 unspecified atom stereocenters. The normalized spacial score (nSPS) is 10.6. The molecule has 0 amide bonds. The highest BCUT2D eigenvalue weighted by Gasteiger charge is 2.15. The molecule has 78 valence electrons. The minimum atomic E-state index is -0.0429. The third-order valence-corrected chi connectivity index (χ3v) is 3.44. The zero-order valence-corrected chi connectivity index (χ0v) is 9.76. The number of aromatic nitrogens is 2. The Morgan fingerprint density at radius 3 is 2.60 bits per heavy atom. The lowest BCUT2D eigenvalue weighted by atomic mass is 10.2. The van der Waals surface area contributed by atoms with Crippen LogP contribution in [0.15, 0.2) is 17.5 Å². The molecule has 0 spiro atoms. The summed E-state index contributed by atoms with van der Waals surface area (Å²) in [6.45, 7) is 5.82. The first-order valence-corrected chi connectivity index (χ1v) is 5.60. The fraction of sp³-hybridized carbons (Fsp3) is 0.273. The molecule has 0 aliphatic rings. The molecule has 0 radical (unpaired) electrons. The molecule has 4 heteroatoms. The molecule has 3 nitrogen and oxygen atoms in total. The lowest BCUT2D eigenvalue weighted by Crippen LogP contribution is -2.13. The number of nitrogens with zero attached hydrogens (tertiary/aromatic N) is 2. The van der Waals surface area contributed by atoms with Gasteiger partial charge in [-0.15, -0.1) is 11.3 Å². The van der Waals surface area contributed by atoms with Crippen molar-refractivity contribution >= 4 is 17.2 Å². The predicted octanol–water partition coefficient (Wildman–Crippen LogP) is 2.56. The van der Waals surface area contributed by atoms with E-state index < -0.39 is 0 Å². The van der Waals surface area contributed by atoms with Gasteiger partial charge < -0.3 is 0 Å². The van der Waals surface area contributed by atoms with E-state index in [1.807, 2.05) is 38.3 Å². The van der Waals surface area contributed by atoms with Crippen molar-refractivity contribution in [3.63, 3.8) is 0 Å². The van der Waals surface area contributed by atoms with Crippen molar-refractivity contribution in [3.8, 4) is 0 Å². The van der Waals surface area contributed by atoms with Gasteiger partial charge in [-0.3, -0.25) is 4.79 Å². The first kappa shape index (κ1) is 10.1. The topological polar surface area (TPSA) is 34.9 Å². The molecule has 2 aromatic heterocycles. The first-order valence-electron chi connectivity index (χ1n) is 4.72. The second-order valence-corrected chi connectivity index (χ2v) is 4.44. The van der Waals surface area contributed by atoms with Gasteiger partial charge in [0.15, 0.2) is 0 Å². The average molecular weight is 220 g/mol. The lowest BCUT2D eigenvalue weighted by molar-refractivity contribution is 0.0946. The van der Waals surface area contributed by atoms with Crippen LogP contribution in [0.25, 0.3) is 0 Å². The van der Waals surface area contributed by atoms with Crippen molar-refractivity contribution in [1.29, 1.82) is 0 Å². The molecule has 0 bridgehead atoms. The van der Waals surface area contributed by atoms with Gasteiger partial charge in [0, 0.05) is 5.69 Å². The van der Waals surface area contributed by atoms with Crippen LogP contribution in [0.5, 0.6) is 0 Å². The Morgan fingerprint density at radius 2 is 2.13 bits per heavy atom. The SMILES string of the molecule is Cc1nn(C(=O)c2cccs2)c(C)c1C. The largest absolute Gasteiger partial charge is 0.288 e. The second-order valence-electron chi connectivity index (χ2n) is 3.49. The molecule has 2 aromatic rings. The Balaban J connectivity index is 2.47. The Labute approximate surface area is 92.4 Å².